The van der Waals surface area contributed by atoms with Crippen molar-refractivity contribution < 1.29 is 13.6 Å². The summed E-state index contributed by atoms with van der Waals surface area (Å²) in [6.07, 6.45) is 2.95. The van der Waals surface area contributed by atoms with Crippen molar-refractivity contribution >= 4 is 16.8 Å². The maximum atomic E-state index is 11.6. The number of furan rings is 2. The second kappa shape index (κ2) is 4.46. The Morgan fingerprint density at radius 2 is 2.05 bits per heavy atom. The largest absolute Gasteiger partial charge is 0.464 e. The number of fused-ring (bicyclic) bond motifs is 1. The highest BCUT2D eigenvalue weighted by Crippen LogP contribution is 2.31. The molecule has 0 unspecified atom stereocenters. The fourth-order valence-corrected chi connectivity index (χ4v) is 1.98. The third kappa shape index (κ3) is 1.91. The van der Waals surface area contributed by atoms with Gasteiger partial charge in [0.1, 0.15) is 12.0 Å². The zero-order valence-corrected chi connectivity index (χ0v) is 9.92. The minimum Gasteiger partial charge on any atom is -0.464 e. The Hall–Kier alpha value is -2.80. The summed E-state index contributed by atoms with van der Waals surface area (Å²) in [5, 5.41) is 9.46. The first-order valence-electron chi connectivity index (χ1n) is 5.75. The standard InChI is InChI=1S/C15H9NO3/c16-6-5-13(17)15-7-10(8-18-15)12-9-19-14-4-2-1-3-11(12)14/h1-4,7-9H,5H2. The van der Waals surface area contributed by atoms with Gasteiger partial charge in [0.05, 0.1) is 18.6 Å². The SMILES string of the molecule is N#CCC(=O)c1cc(-c2coc3ccccc23)co1. The number of carbonyl (C=O) groups excluding carboxylic acids is 1. The van der Waals surface area contributed by atoms with Gasteiger partial charge in [-0.05, 0) is 12.1 Å². The monoisotopic (exact) mass is 251 g/mol. The van der Waals surface area contributed by atoms with Crippen LogP contribution in [-0.2, 0) is 0 Å². The second-order valence-corrected chi connectivity index (χ2v) is 4.10. The molecule has 3 aromatic rings. The molecule has 4 nitrogen and oxygen atoms in total. The van der Waals surface area contributed by atoms with Crippen LogP contribution in [0.25, 0.3) is 22.1 Å². The first-order chi connectivity index (χ1) is 9.29. The Kier molecular flexibility index (Phi) is 2.66. The molecule has 0 fully saturated rings. The van der Waals surface area contributed by atoms with Crippen LogP contribution in [0.5, 0.6) is 0 Å². The summed E-state index contributed by atoms with van der Waals surface area (Å²) >= 11 is 0. The van der Waals surface area contributed by atoms with Crippen molar-refractivity contribution in [1.82, 2.24) is 0 Å². The van der Waals surface area contributed by atoms with Crippen molar-refractivity contribution in [3.8, 4) is 17.2 Å². The lowest BCUT2D eigenvalue weighted by atomic mass is 10.1. The molecule has 0 saturated carbocycles. The van der Waals surface area contributed by atoms with Crippen molar-refractivity contribution in [3.63, 3.8) is 0 Å². The van der Waals surface area contributed by atoms with Crippen LogP contribution in [0.3, 0.4) is 0 Å². The van der Waals surface area contributed by atoms with Gasteiger partial charge in [-0.25, -0.2) is 0 Å². The first-order valence-corrected chi connectivity index (χ1v) is 5.75. The molecule has 0 saturated heterocycles. The lowest BCUT2D eigenvalue weighted by Crippen LogP contribution is -1.93. The summed E-state index contributed by atoms with van der Waals surface area (Å²) in [4.78, 5) is 11.6. The second-order valence-electron chi connectivity index (χ2n) is 4.10. The minimum absolute atomic E-state index is 0.181. The number of benzene rings is 1. The summed E-state index contributed by atoms with van der Waals surface area (Å²) < 4.78 is 10.7. The highest BCUT2D eigenvalue weighted by atomic mass is 16.3. The Morgan fingerprint density at radius 3 is 2.89 bits per heavy atom. The Bertz CT molecular complexity index is 789. The van der Waals surface area contributed by atoms with Gasteiger partial charge in [0.2, 0.25) is 5.78 Å². The van der Waals surface area contributed by atoms with Gasteiger partial charge in [-0.15, -0.1) is 0 Å². The van der Waals surface area contributed by atoms with Crippen LogP contribution < -0.4 is 0 Å². The molecule has 3 rings (SSSR count). The predicted octanol–water partition coefficient (Wildman–Crippen LogP) is 3.79. The van der Waals surface area contributed by atoms with Crippen LogP contribution in [0.1, 0.15) is 17.0 Å². The molecule has 0 spiro atoms. The van der Waals surface area contributed by atoms with Gasteiger partial charge in [0, 0.05) is 16.5 Å². The Labute approximate surface area is 108 Å². The first kappa shape index (κ1) is 11.3. The number of hydrogen-bond donors (Lipinski definition) is 0. The molecule has 4 heteroatoms. The molecule has 0 bridgehead atoms. The molecule has 0 amide bonds. The number of para-hydroxylation sites is 1. The van der Waals surface area contributed by atoms with Gasteiger partial charge in [0.25, 0.3) is 0 Å². The maximum Gasteiger partial charge on any atom is 0.211 e. The Balaban J connectivity index is 2.04. The zero-order chi connectivity index (χ0) is 13.2. The van der Waals surface area contributed by atoms with E-state index < -0.39 is 0 Å². The molecule has 92 valence electrons. The molecule has 19 heavy (non-hydrogen) atoms. The summed E-state index contributed by atoms with van der Waals surface area (Å²) in [5.74, 6) is -0.122. The topological polar surface area (TPSA) is 67.1 Å². The van der Waals surface area contributed by atoms with E-state index in [0.29, 0.717) is 0 Å². The highest BCUT2D eigenvalue weighted by molar-refractivity contribution is 5.98. The molecule has 0 aliphatic carbocycles. The molecule has 2 aromatic heterocycles. The summed E-state index contributed by atoms with van der Waals surface area (Å²) in [7, 11) is 0. The van der Waals surface area contributed by atoms with Crippen LogP contribution in [0.4, 0.5) is 0 Å². The van der Waals surface area contributed by atoms with Crippen LogP contribution in [0.2, 0.25) is 0 Å². The van der Waals surface area contributed by atoms with Gasteiger partial charge in [-0.3, -0.25) is 4.79 Å². The zero-order valence-electron chi connectivity index (χ0n) is 9.92. The number of Topliss-reactive ketones (excluding diaryl/α,β-unsaturated/α-hetero) is 1. The molecule has 1 aromatic carbocycles. The third-order valence-electron chi connectivity index (χ3n) is 2.91. The number of hydrogen-bond acceptors (Lipinski definition) is 4. The summed E-state index contributed by atoms with van der Waals surface area (Å²) in [6, 6.07) is 11.1. The molecule has 0 radical (unpaired) electrons. The number of ketones is 1. The summed E-state index contributed by atoms with van der Waals surface area (Å²) in [6.45, 7) is 0. The van der Waals surface area contributed by atoms with E-state index >= 15 is 0 Å². The van der Waals surface area contributed by atoms with Crippen LogP contribution >= 0.6 is 0 Å². The number of nitriles is 1. The van der Waals surface area contributed by atoms with Crippen molar-refractivity contribution in [2.45, 2.75) is 6.42 Å². The molecule has 0 aliphatic heterocycles. The average molecular weight is 251 g/mol. The van der Waals surface area contributed by atoms with E-state index in [1.807, 2.05) is 30.3 Å². The average Bonchev–Trinajstić information content (AvgIpc) is 3.05. The molecule has 0 N–H and O–H groups in total. The van der Waals surface area contributed by atoms with E-state index in [9.17, 15) is 4.79 Å². The van der Waals surface area contributed by atoms with Gasteiger partial charge in [-0.2, -0.15) is 5.26 Å². The van der Waals surface area contributed by atoms with Gasteiger partial charge in [-0.1, -0.05) is 18.2 Å². The van der Waals surface area contributed by atoms with Gasteiger partial charge >= 0.3 is 0 Å². The summed E-state index contributed by atoms with van der Waals surface area (Å²) in [5.41, 5.74) is 2.42. The third-order valence-corrected chi connectivity index (χ3v) is 2.91. The van der Waals surface area contributed by atoms with Crippen molar-refractivity contribution in [2.75, 3.05) is 0 Å². The van der Waals surface area contributed by atoms with Crippen LogP contribution in [-0.4, -0.2) is 5.78 Å². The van der Waals surface area contributed by atoms with E-state index in [2.05, 4.69) is 0 Å². The lowest BCUT2D eigenvalue weighted by molar-refractivity contribution is 0.0971. The lowest BCUT2D eigenvalue weighted by Gasteiger charge is -1.91. The molecular weight excluding hydrogens is 242 g/mol. The number of nitrogens with zero attached hydrogens (tertiary/aromatic N) is 1. The smallest absolute Gasteiger partial charge is 0.211 e. The van der Waals surface area contributed by atoms with E-state index in [-0.39, 0.29) is 18.0 Å². The predicted molar refractivity (Wildman–Crippen MR) is 68.5 cm³/mol. The van der Waals surface area contributed by atoms with E-state index in [1.54, 1.807) is 12.3 Å². The van der Waals surface area contributed by atoms with Crippen molar-refractivity contribution in [1.29, 1.82) is 5.26 Å². The minimum atomic E-state index is -0.318. The fraction of sp³-hybridized carbons (Fsp3) is 0.0667. The molecular formula is C15H9NO3. The van der Waals surface area contributed by atoms with Gasteiger partial charge < -0.3 is 8.83 Å². The van der Waals surface area contributed by atoms with Crippen LogP contribution in [0.15, 0.2) is 51.7 Å². The van der Waals surface area contributed by atoms with Crippen molar-refractivity contribution in [3.05, 3.63) is 48.6 Å². The van der Waals surface area contributed by atoms with E-state index in [1.165, 1.54) is 6.26 Å². The maximum absolute atomic E-state index is 11.6. The highest BCUT2D eigenvalue weighted by Gasteiger charge is 2.14. The van der Waals surface area contributed by atoms with E-state index in [0.717, 1.165) is 22.1 Å². The molecule has 0 aliphatic rings. The van der Waals surface area contributed by atoms with Crippen LogP contribution in [0, 0.1) is 11.3 Å². The molecule has 2 heterocycles. The Morgan fingerprint density at radius 1 is 1.21 bits per heavy atom. The van der Waals surface area contributed by atoms with Crippen molar-refractivity contribution in [2.24, 2.45) is 0 Å². The number of carbonyl (C=O) groups is 1. The normalized spacial score (nSPS) is 10.5. The quantitative estimate of drug-likeness (QED) is 0.664. The molecule has 0 atom stereocenters. The van der Waals surface area contributed by atoms with Gasteiger partial charge in [0.15, 0.2) is 5.76 Å². The fourth-order valence-electron chi connectivity index (χ4n) is 1.98. The van der Waals surface area contributed by atoms with E-state index in [4.69, 9.17) is 14.1 Å². The number of rotatable bonds is 3.